The fourth-order valence-corrected chi connectivity index (χ4v) is 3.60. The third-order valence-electron chi connectivity index (χ3n) is 2.40. The highest BCUT2D eigenvalue weighted by atomic mass is 79.9. The number of hydrogen-bond acceptors (Lipinski definition) is 4. The zero-order valence-electron chi connectivity index (χ0n) is 9.56. The van der Waals surface area contributed by atoms with Gasteiger partial charge in [-0.05, 0) is 45.6 Å². The number of hydrogen-bond donors (Lipinski definition) is 2. The minimum Gasteiger partial charge on any atom is -0.379 e. The topological polar surface area (TPSA) is 72.2 Å². The van der Waals surface area contributed by atoms with Crippen molar-refractivity contribution in [1.82, 2.24) is 0 Å². The first-order valence-electron chi connectivity index (χ1n) is 5.16. The van der Waals surface area contributed by atoms with Crippen molar-refractivity contribution < 1.29 is 8.42 Å². The molecular weight excluding hydrogens is 372 g/mol. The zero-order chi connectivity index (χ0) is 14.0. The largest absolute Gasteiger partial charge is 0.379 e. The molecule has 0 aliphatic heterocycles. The van der Waals surface area contributed by atoms with Crippen LogP contribution in [-0.4, -0.2) is 8.42 Å². The molecule has 0 atom stereocenters. The van der Waals surface area contributed by atoms with Crippen molar-refractivity contribution in [2.75, 3.05) is 5.32 Å². The van der Waals surface area contributed by atoms with Crippen molar-refractivity contribution in [3.05, 3.63) is 44.0 Å². The van der Waals surface area contributed by atoms with Gasteiger partial charge < -0.3 is 5.32 Å². The van der Waals surface area contributed by atoms with Gasteiger partial charge in [0, 0.05) is 9.35 Å². The molecule has 2 rings (SSSR count). The van der Waals surface area contributed by atoms with Crippen molar-refractivity contribution >= 4 is 54.6 Å². The van der Waals surface area contributed by atoms with E-state index in [0.29, 0.717) is 17.3 Å². The van der Waals surface area contributed by atoms with Crippen LogP contribution >= 0.6 is 38.9 Å². The molecule has 1 aromatic heterocycles. The van der Waals surface area contributed by atoms with Crippen LogP contribution in [0.1, 0.15) is 4.88 Å². The molecule has 0 fully saturated rings. The lowest BCUT2D eigenvalue weighted by Crippen LogP contribution is -2.12. The Morgan fingerprint density at radius 3 is 2.68 bits per heavy atom. The zero-order valence-corrected chi connectivity index (χ0v) is 13.5. The first kappa shape index (κ1) is 14.8. The number of rotatable bonds is 4. The average molecular weight is 382 g/mol. The summed E-state index contributed by atoms with van der Waals surface area (Å²) in [6.45, 7) is 0.548. The second kappa shape index (κ2) is 5.80. The van der Waals surface area contributed by atoms with Crippen LogP contribution in [0.3, 0.4) is 0 Å². The van der Waals surface area contributed by atoms with E-state index < -0.39 is 10.0 Å². The monoisotopic (exact) mass is 380 g/mol. The quantitative estimate of drug-likeness (QED) is 0.852. The van der Waals surface area contributed by atoms with E-state index in [1.165, 1.54) is 18.2 Å². The van der Waals surface area contributed by atoms with Gasteiger partial charge in [0.05, 0.1) is 22.2 Å². The van der Waals surface area contributed by atoms with Gasteiger partial charge in [0.15, 0.2) is 0 Å². The summed E-state index contributed by atoms with van der Waals surface area (Å²) < 4.78 is 23.6. The molecule has 0 amide bonds. The Morgan fingerprint density at radius 2 is 2.11 bits per heavy atom. The molecule has 102 valence electrons. The van der Waals surface area contributed by atoms with Gasteiger partial charge in [-0.25, -0.2) is 13.6 Å². The Morgan fingerprint density at radius 1 is 1.37 bits per heavy atom. The molecular formula is C11H10BrClN2O2S2. The molecule has 0 radical (unpaired) electrons. The van der Waals surface area contributed by atoms with Crippen molar-refractivity contribution in [3.63, 3.8) is 0 Å². The first-order chi connectivity index (χ1) is 8.88. The molecule has 3 N–H and O–H groups in total. The van der Waals surface area contributed by atoms with E-state index in [1.807, 2.05) is 11.4 Å². The van der Waals surface area contributed by atoms with Crippen LogP contribution in [0.5, 0.6) is 0 Å². The summed E-state index contributed by atoms with van der Waals surface area (Å²) in [6, 6.07) is 6.26. The van der Waals surface area contributed by atoms with Gasteiger partial charge in [-0.1, -0.05) is 11.6 Å². The van der Waals surface area contributed by atoms with E-state index in [9.17, 15) is 8.42 Å². The maximum Gasteiger partial charge on any atom is 0.238 e. The second-order valence-corrected chi connectivity index (χ2v) is 7.56. The van der Waals surface area contributed by atoms with Gasteiger partial charge in [0.2, 0.25) is 10.0 Å². The highest BCUT2D eigenvalue weighted by Gasteiger charge is 2.11. The molecule has 0 saturated heterocycles. The Balaban J connectivity index is 2.23. The van der Waals surface area contributed by atoms with Gasteiger partial charge in [0.25, 0.3) is 0 Å². The summed E-state index contributed by atoms with van der Waals surface area (Å²) in [5.41, 5.74) is 0.536. The van der Waals surface area contributed by atoms with Crippen molar-refractivity contribution in [1.29, 1.82) is 0 Å². The first-order valence-corrected chi connectivity index (χ1v) is 8.76. The molecule has 0 aliphatic rings. The molecule has 0 unspecified atom stereocenters. The lowest BCUT2D eigenvalue weighted by atomic mass is 10.3. The number of nitrogens with two attached hydrogens (primary N) is 1. The van der Waals surface area contributed by atoms with Gasteiger partial charge in [-0.3, -0.25) is 0 Å². The van der Waals surface area contributed by atoms with E-state index in [0.717, 1.165) is 9.35 Å². The van der Waals surface area contributed by atoms with E-state index >= 15 is 0 Å². The third kappa shape index (κ3) is 3.70. The maximum absolute atomic E-state index is 11.3. The Bertz CT molecular complexity index is 700. The minimum atomic E-state index is -3.73. The minimum absolute atomic E-state index is 0.0321. The van der Waals surface area contributed by atoms with Crippen LogP contribution in [-0.2, 0) is 16.6 Å². The van der Waals surface area contributed by atoms with Gasteiger partial charge in [-0.2, -0.15) is 0 Å². The van der Waals surface area contributed by atoms with E-state index in [1.54, 1.807) is 11.3 Å². The molecule has 0 saturated carbocycles. The fourth-order valence-electron chi connectivity index (χ4n) is 1.44. The summed E-state index contributed by atoms with van der Waals surface area (Å²) in [4.78, 5) is 1.13. The fraction of sp³-hybridized carbons (Fsp3) is 0.0909. The van der Waals surface area contributed by atoms with Crippen LogP contribution in [0.25, 0.3) is 0 Å². The summed E-state index contributed by atoms with van der Waals surface area (Å²) >= 11 is 11.0. The predicted octanol–water partition coefficient (Wildman–Crippen LogP) is 3.42. The molecule has 0 aliphatic carbocycles. The number of thiophene rings is 1. The summed E-state index contributed by atoms with van der Waals surface area (Å²) in [5.74, 6) is 0. The molecule has 8 heteroatoms. The number of halogens is 2. The van der Waals surface area contributed by atoms with Crippen LogP contribution in [0.2, 0.25) is 5.02 Å². The predicted molar refractivity (Wildman–Crippen MR) is 82.2 cm³/mol. The van der Waals surface area contributed by atoms with Gasteiger partial charge >= 0.3 is 0 Å². The summed E-state index contributed by atoms with van der Waals surface area (Å²) in [6.07, 6.45) is 0. The standard InChI is InChI=1S/C11H10BrClN2O2S2/c12-8-3-4-18-11(8)6-15-10-5-7(19(14,16)17)1-2-9(10)13/h1-5,15H,6H2,(H2,14,16,17). The maximum atomic E-state index is 11.3. The lowest BCUT2D eigenvalue weighted by molar-refractivity contribution is 0.598. The number of anilines is 1. The van der Waals surface area contributed by atoms with Crippen molar-refractivity contribution in [2.24, 2.45) is 5.14 Å². The van der Waals surface area contributed by atoms with Crippen LogP contribution in [0, 0.1) is 0 Å². The third-order valence-corrected chi connectivity index (χ3v) is 5.56. The molecule has 1 aromatic carbocycles. The molecule has 0 bridgehead atoms. The summed E-state index contributed by atoms with van der Waals surface area (Å²) in [5, 5.41) is 10.6. The second-order valence-electron chi connectivity index (χ2n) is 3.73. The molecule has 1 heterocycles. The Hall–Kier alpha value is -0.600. The van der Waals surface area contributed by atoms with Gasteiger partial charge in [-0.15, -0.1) is 11.3 Å². The normalized spacial score (nSPS) is 11.5. The molecule has 19 heavy (non-hydrogen) atoms. The average Bonchev–Trinajstić information content (AvgIpc) is 2.72. The van der Waals surface area contributed by atoms with Crippen molar-refractivity contribution in [2.45, 2.75) is 11.4 Å². The van der Waals surface area contributed by atoms with E-state index in [4.69, 9.17) is 16.7 Å². The highest BCUT2D eigenvalue weighted by Crippen LogP contribution is 2.28. The Kier molecular flexibility index (Phi) is 4.52. The number of benzene rings is 1. The van der Waals surface area contributed by atoms with Crippen molar-refractivity contribution in [3.8, 4) is 0 Å². The molecule has 4 nitrogen and oxygen atoms in total. The number of sulfonamides is 1. The SMILES string of the molecule is NS(=O)(=O)c1ccc(Cl)c(NCc2sccc2Br)c1. The van der Waals surface area contributed by atoms with E-state index in [2.05, 4.69) is 21.2 Å². The van der Waals surface area contributed by atoms with Crippen LogP contribution < -0.4 is 10.5 Å². The van der Waals surface area contributed by atoms with Gasteiger partial charge in [0.1, 0.15) is 0 Å². The van der Waals surface area contributed by atoms with Crippen LogP contribution in [0.15, 0.2) is 39.0 Å². The van der Waals surface area contributed by atoms with E-state index in [-0.39, 0.29) is 4.90 Å². The number of nitrogens with one attached hydrogen (secondary N) is 1. The summed E-state index contributed by atoms with van der Waals surface area (Å²) in [7, 11) is -3.73. The highest BCUT2D eigenvalue weighted by molar-refractivity contribution is 9.10. The molecule has 2 aromatic rings. The smallest absolute Gasteiger partial charge is 0.238 e. The number of primary sulfonamides is 1. The molecule has 0 spiro atoms. The Labute approximate surface area is 128 Å². The lowest BCUT2D eigenvalue weighted by Gasteiger charge is -2.09. The van der Waals surface area contributed by atoms with Crippen LogP contribution in [0.4, 0.5) is 5.69 Å².